The minimum atomic E-state index is -0.0919. The quantitative estimate of drug-likeness (QED) is 0.684. The van der Waals surface area contributed by atoms with Gasteiger partial charge in [0.2, 0.25) is 5.91 Å². The topological polar surface area (TPSA) is 72.2 Å². The summed E-state index contributed by atoms with van der Waals surface area (Å²) in [6.45, 7) is 7.95. The molecule has 7 nitrogen and oxygen atoms in total. The Labute approximate surface area is 182 Å². The normalized spacial score (nSPS) is 14.6. The second-order valence-corrected chi connectivity index (χ2v) is 8.10. The molecular weight excluding hydrogens is 390 g/mol. The molecule has 31 heavy (non-hydrogen) atoms. The number of carbonyl (C=O) groups is 2. The van der Waals surface area contributed by atoms with Crippen LogP contribution in [-0.2, 0) is 11.3 Å². The molecule has 0 radical (unpaired) electrons. The van der Waals surface area contributed by atoms with E-state index in [1.165, 1.54) is 0 Å². The van der Waals surface area contributed by atoms with Gasteiger partial charge in [0.05, 0.1) is 17.4 Å². The summed E-state index contributed by atoms with van der Waals surface area (Å²) < 4.78 is 3.90. The summed E-state index contributed by atoms with van der Waals surface area (Å²) in [7, 11) is 0. The number of para-hydroxylation sites is 1. The summed E-state index contributed by atoms with van der Waals surface area (Å²) >= 11 is 0. The number of likely N-dealkylation sites (tertiary alicyclic amines) is 1. The molecule has 0 saturated carbocycles. The van der Waals surface area contributed by atoms with Crippen LogP contribution in [-0.4, -0.2) is 44.2 Å². The van der Waals surface area contributed by atoms with Crippen molar-refractivity contribution in [3.8, 4) is 5.69 Å². The molecule has 3 heterocycles. The van der Waals surface area contributed by atoms with Crippen LogP contribution >= 0.6 is 0 Å². The van der Waals surface area contributed by atoms with E-state index in [2.05, 4.69) is 15.0 Å². The molecule has 1 aliphatic rings. The molecule has 7 heteroatoms. The predicted molar refractivity (Wildman–Crippen MR) is 120 cm³/mol. The molecule has 1 N–H and O–H groups in total. The van der Waals surface area contributed by atoms with Gasteiger partial charge < -0.3 is 14.8 Å². The van der Waals surface area contributed by atoms with Gasteiger partial charge in [-0.3, -0.25) is 14.3 Å². The Morgan fingerprint density at radius 3 is 2.48 bits per heavy atom. The molecule has 0 spiro atoms. The van der Waals surface area contributed by atoms with Gasteiger partial charge in [-0.2, -0.15) is 5.10 Å². The van der Waals surface area contributed by atoms with Crippen molar-refractivity contribution in [2.75, 3.05) is 18.4 Å². The van der Waals surface area contributed by atoms with Crippen molar-refractivity contribution in [1.82, 2.24) is 19.2 Å². The fourth-order valence-electron chi connectivity index (χ4n) is 4.31. The Hall–Kier alpha value is -3.35. The number of amides is 2. The Morgan fingerprint density at radius 2 is 1.84 bits per heavy atom. The third-order valence-electron chi connectivity index (χ3n) is 6.05. The molecule has 1 fully saturated rings. The predicted octanol–water partition coefficient (Wildman–Crippen LogP) is 3.80. The SMILES string of the molecule is CCn1cc(NC(=O)C2CCN(C(=O)c3cc(C)n(-c4ccccc4)c3C)CC2)cn1. The largest absolute Gasteiger partial charge is 0.339 e. The van der Waals surface area contributed by atoms with Gasteiger partial charge in [0.1, 0.15) is 0 Å². The van der Waals surface area contributed by atoms with Gasteiger partial charge in [0.25, 0.3) is 5.91 Å². The van der Waals surface area contributed by atoms with Crippen molar-refractivity contribution in [2.24, 2.45) is 5.92 Å². The summed E-state index contributed by atoms with van der Waals surface area (Å²) in [5.74, 6) is -0.0471. The zero-order valence-corrected chi connectivity index (χ0v) is 18.3. The van der Waals surface area contributed by atoms with E-state index in [0.29, 0.717) is 25.9 Å². The lowest BCUT2D eigenvalue weighted by Crippen LogP contribution is -2.41. The second-order valence-electron chi connectivity index (χ2n) is 8.10. The molecule has 1 saturated heterocycles. The molecule has 0 atom stereocenters. The summed E-state index contributed by atoms with van der Waals surface area (Å²) in [6.07, 6.45) is 4.83. The van der Waals surface area contributed by atoms with E-state index in [-0.39, 0.29) is 17.7 Å². The number of nitrogens with one attached hydrogen (secondary N) is 1. The molecule has 2 amide bonds. The lowest BCUT2D eigenvalue weighted by molar-refractivity contribution is -0.121. The summed E-state index contributed by atoms with van der Waals surface area (Å²) in [5.41, 5.74) is 4.49. The maximum atomic E-state index is 13.2. The molecule has 4 rings (SSSR count). The van der Waals surface area contributed by atoms with E-state index in [9.17, 15) is 9.59 Å². The van der Waals surface area contributed by atoms with E-state index in [0.717, 1.165) is 34.9 Å². The van der Waals surface area contributed by atoms with Crippen LogP contribution in [0.2, 0.25) is 0 Å². The zero-order valence-electron chi connectivity index (χ0n) is 18.3. The number of rotatable bonds is 5. The Bertz CT molecular complexity index is 1070. The van der Waals surface area contributed by atoms with Gasteiger partial charge in [-0.15, -0.1) is 0 Å². The summed E-state index contributed by atoms with van der Waals surface area (Å²) in [6, 6.07) is 12.0. The molecule has 0 aliphatic carbocycles. The summed E-state index contributed by atoms with van der Waals surface area (Å²) in [4.78, 5) is 27.7. The van der Waals surface area contributed by atoms with Crippen LogP contribution in [0.25, 0.3) is 5.69 Å². The highest BCUT2D eigenvalue weighted by Gasteiger charge is 2.29. The number of aromatic nitrogens is 3. The maximum Gasteiger partial charge on any atom is 0.255 e. The molecule has 3 aromatic rings. The molecule has 2 aromatic heterocycles. The number of benzene rings is 1. The highest BCUT2D eigenvalue weighted by molar-refractivity contribution is 5.96. The summed E-state index contributed by atoms with van der Waals surface area (Å²) in [5, 5.41) is 7.14. The van der Waals surface area contributed by atoms with Crippen LogP contribution in [0.5, 0.6) is 0 Å². The maximum absolute atomic E-state index is 13.2. The minimum absolute atomic E-state index is 0.00464. The zero-order chi connectivity index (χ0) is 22.0. The van der Waals surface area contributed by atoms with Gasteiger partial charge in [-0.25, -0.2) is 0 Å². The fourth-order valence-corrected chi connectivity index (χ4v) is 4.31. The van der Waals surface area contributed by atoms with Gasteiger partial charge in [-0.05, 0) is 51.8 Å². The third kappa shape index (κ3) is 4.26. The van der Waals surface area contributed by atoms with Crippen LogP contribution < -0.4 is 5.32 Å². The minimum Gasteiger partial charge on any atom is -0.339 e. The number of piperidine rings is 1. The number of aryl methyl sites for hydroxylation is 2. The highest BCUT2D eigenvalue weighted by Crippen LogP contribution is 2.25. The van der Waals surface area contributed by atoms with Gasteiger partial charge in [0.15, 0.2) is 0 Å². The van der Waals surface area contributed by atoms with Crippen LogP contribution in [0.1, 0.15) is 41.5 Å². The first-order valence-electron chi connectivity index (χ1n) is 10.8. The Kier molecular flexibility index (Phi) is 5.93. The lowest BCUT2D eigenvalue weighted by atomic mass is 9.95. The van der Waals surface area contributed by atoms with Crippen molar-refractivity contribution < 1.29 is 9.59 Å². The van der Waals surface area contributed by atoms with Crippen LogP contribution in [0.3, 0.4) is 0 Å². The average molecular weight is 420 g/mol. The monoisotopic (exact) mass is 419 g/mol. The Balaban J connectivity index is 1.40. The van der Waals surface area contributed by atoms with Crippen molar-refractivity contribution in [1.29, 1.82) is 0 Å². The number of nitrogens with zero attached hydrogens (tertiary/aromatic N) is 4. The van der Waals surface area contributed by atoms with Gasteiger partial charge >= 0.3 is 0 Å². The third-order valence-corrected chi connectivity index (χ3v) is 6.05. The first kappa shape index (κ1) is 20.9. The van der Waals surface area contributed by atoms with Crippen molar-refractivity contribution >= 4 is 17.5 Å². The smallest absolute Gasteiger partial charge is 0.255 e. The molecular formula is C24H29N5O2. The van der Waals surface area contributed by atoms with Crippen LogP contribution in [0, 0.1) is 19.8 Å². The second kappa shape index (κ2) is 8.79. The van der Waals surface area contributed by atoms with E-state index < -0.39 is 0 Å². The van der Waals surface area contributed by atoms with Crippen LogP contribution in [0.15, 0.2) is 48.8 Å². The lowest BCUT2D eigenvalue weighted by Gasteiger charge is -2.31. The van der Waals surface area contributed by atoms with E-state index in [1.54, 1.807) is 10.9 Å². The standard InChI is InChI=1S/C24H29N5O2/c1-4-28-16-20(15-25-28)26-23(30)19-10-12-27(13-11-19)24(31)22-14-17(2)29(18(22)3)21-8-6-5-7-9-21/h5-9,14-16,19H,4,10-13H2,1-3H3,(H,26,30). The molecule has 0 bridgehead atoms. The molecule has 1 aromatic carbocycles. The van der Waals surface area contributed by atoms with Gasteiger partial charge in [-0.1, -0.05) is 18.2 Å². The average Bonchev–Trinajstić information content (AvgIpc) is 3.37. The number of hydrogen-bond donors (Lipinski definition) is 1. The van der Waals surface area contributed by atoms with E-state index in [4.69, 9.17) is 0 Å². The fraction of sp³-hybridized carbons (Fsp3) is 0.375. The van der Waals surface area contributed by atoms with Crippen LogP contribution in [0.4, 0.5) is 5.69 Å². The van der Waals surface area contributed by atoms with Crippen molar-refractivity contribution in [3.63, 3.8) is 0 Å². The first-order chi connectivity index (χ1) is 15.0. The van der Waals surface area contributed by atoms with E-state index in [1.807, 2.05) is 68.3 Å². The Morgan fingerprint density at radius 1 is 1.13 bits per heavy atom. The first-order valence-corrected chi connectivity index (χ1v) is 10.8. The molecule has 0 unspecified atom stereocenters. The van der Waals surface area contributed by atoms with Crippen molar-refractivity contribution in [2.45, 2.75) is 40.2 Å². The highest BCUT2D eigenvalue weighted by atomic mass is 16.2. The van der Waals surface area contributed by atoms with Gasteiger partial charge in [0, 0.05) is 48.8 Å². The number of carbonyl (C=O) groups excluding carboxylic acids is 2. The molecule has 1 aliphatic heterocycles. The molecule has 162 valence electrons. The van der Waals surface area contributed by atoms with Crippen molar-refractivity contribution in [3.05, 3.63) is 65.7 Å². The number of anilines is 1. The number of hydrogen-bond acceptors (Lipinski definition) is 3. The van der Waals surface area contributed by atoms with E-state index >= 15 is 0 Å².